The number of nitrogens with one attached hydrogen (secondary N) is 1. The molecule has 2 aromatic rings. The lowest BCUT2D eigenvalue weighted by Gasteiger charge is -2.14. The topological polar surface area (TPSA) is 64.0 Å². The van der Waals surface area contributed by atoms with Crippen molar-refractivity contribution in [2.75, 3.05) is 12.3 Å². The highest BCUT2D eigenvalue weighted by Gasteiger charge is 2.28. The molecular weight excluding hydrogens is 334 g/mol. The Morgan fingerprint density at radius 1 is 1.32 bits per heavy atom. The molecule has 1 N–H and O–H groups in total. The number of amides is 1. The normalized spacial score (nSPS) is 15.8. The van der Waals surface area contributed by atoms with Crippen LogP contribution in [0.25, 0.3) is 0 Å². The molecule has 1 aromatic heterocycles. The highest BCUT2D eigenvalue weighted by Crippen LogP contribution is 2.32. The maximum atomic E-state index is 12.5. The molecule has 25 heavy (non-hydrogen) atoms. The van der Waals surface area contributed by atoms with E-state index in [2.05, 4.69) is 22.4 Å². The predicted molar refractivity (Wildman–Crippen MR) is 100 cm³/mol. The summed E-state index contributed by atoms with van der Waals surface area (Å²) in [4.78, 5) is 29.2. The van der Waals surface area contributed by atoms with Crippen LogP contribution in [0.4, 0.5) is 0 Å². The molecule has 3 rings (SSSR count). The van der Waals surface area contributed by atoms with Gasteiger partial charge in [0.15, 0.2) is 5.16 Å². The van der Waals surface area contributed by atoms with Gasteiger partial charge in [-0.15, -0.1) is 0 Å². The number of benzene rings is 1. The monoisotopic (exact) mass is 357 g/mol. The second kappa shape index (κ2) is 7.87. The molecule has 0 spiro atoms. The number of fused-ring (bicyclic) bond motifs is 1. The number of carbonyl (C=O) groups is 1. The van der Waals surface area contributed by atoms with Gasteiger partial charge in [0.25, 0.3) is 5.56 Å². The molecule has 0 radical (unpaired) electrons. The third kappa shape index (κ3) is 4.12. The van der Waals surface area contributed by atoms with E-state index in [9.17, 15) is 9.59 Å². The van der Waals surface area contributed by atoms with Crippen molar-refractivity contribution in [2.45, 2.75) is 44.3 Å². The molecule has 0 bridgehead atoms. The van der Waals surface area contributed by atoms with E-state index in [1.165, 1.54) is 5.56 Å². The van der Waals surface area contributed by atoms with Gasteiger partial charge < -0.3 is 5.32 Å². The molecule has 1 aliphatic heterocycles. The van der Waals surface area contributed by atoms with Crippen LogP contribution in [-0.4, -0.2) is 27.8 Å². The minimum absolute atomic E-state index is 0.00311. The molecular formula is C19H23N3O2S. The fraction of sp³-hybridized carbons (Fsp3) is 0.421. The fourth-order valence-corrected chi connectivity index (χ4v) is 4.15. The van der Waals surface area contributed by atoms with E-state index in [0.29, 0.717) is 18.5 Å². The first kappa shape index (κ1) is 17.7. The van der Waals surface area contributed by atoms with Crippen molar-refractivity contribution < 1.29 is 4.79 Å². The summed E-state index contributed by atoms with van der Waals surface area (Å²) in [5.41, 5.74) is 2.70. The smallest absolute Gasteiger partial charge is 0.257 e. The molecule has 0 fully saturated rings. The van der Waals surface area contributed by atoms with Crippen LogP contribution in [0.15, 0.2) is 40.3 Å². The van der Waals surface area contributed by atoms with Crippen molar-refractivity contribution >= 4 is 17.7 Å². The Morgan fingerprint density at radius 2 is 2.08 bits per heavy atom. The molecule has 1 amide bonds. The zero-order valence-electron chi connectivity index (χ0n) is 14.6. The quantitative estimate of drug-likeness (QED) is 0.638. The summed E-state index contributed by atoms with van der Waals surface area (Å²) in [6.45, 7) is 4.30. The van der Waals surface area contributed by atoms with E-state index in [4.69, 9.17) is 0 Å². The summed E-state index contributed by atoms with van der Waals surface area (Å²) in [6.07, 6.45) is 2.19. The van der Waals surface area contributed by atoms with Gasteiger partial charge in [-0.05, 0) is 32.3 Å². The van der Waals surface area contributed by atoms with Crippen LogP contribution in [0.2, 0.25) is 0 Å². The zero-order valence-corrected chi connectivity index (χ0v) is 15.4. The van der Waals surface area contributed by atoms with Crippen LogP contribution in [0, 0.1) is 13.8 Å². The van der Waals surface area contributed by atoms with Crippen LogP contribution in [0.3, 0.4) is 0 Å². The molecule has 0 saturated heterocycles. The molecule has 1 aromatic carbocycles. The van der Waals surface area contributed by atoms with E-state index in [1.807, 2.05) is 25.1 Å². The first-order valence-electron chi connectivity index (χ1n) is 8.59. The second-order valence-electron chi connectivity index (χ2n) is 6.39. The number of nitrogens with zero attached hydrogens (tertiary/aromatic N) is 2. The van der Waals surface area contributed by atoms with Gasteiger partial charge in [-0.3, -0.25) is 14.2 Å². The second-order valence-corrected chi connectivity index (χ2v) is 7.38. The molecule has 5 nitrogen and oxygen atoms in total. The van der Waals surface area contributed by atoms with Crippen LogP contribution in [0.5, 0.6) is 0 Å². The van der Waals surface area contributed by atoms with Gasteiger partial charge in [0.2, 0.25) is 5.91 Å². The number of rotatable bonds is 6. The lowest BCUT2D eigenvalue weighted by molar-refractivity contribution is -0.121. The van der Waals surface area contributed by atoms with E-state index in [-0.39, 0.29) is 17.5 Å². The standard InChI is InChI=1S/C19H23N3O2S/c1-13-14(2)21-19-22(18(13)24)16(12-25-19)11-17(23)20-10-6-9-15-7-4-3-5-8-15/h3-5,7-8,16H,6,9-12H2,1-2H3,(H,20,23). The van der Waals surface area contributed by atoms with Crippen molar-refractivity contribution in [3.63, 3.8) is 0 Å². The Bertz CT molecular complexity index is 817. The maximum Gasteiger partial charge on any atom is 0.257 e. The van der Waals surface area contributed by atoms with E-state index in [0.717, 1.165) is 29.4 Å². The summed E-state index contributed by atoms with van der Waals surface area (Å²) >= 11 is 1.55. The van der Waals surface area contributed by atoms with Crippen molar-refractivity contribution in [3.8, 4) is 0 Å². The van der Waals surface area contributed by atoms with Gasteiger partial charge in [-0.2, -0.15) is 0 Å². The number of aryl methyl sites for hydroxylation is 2. The predicted octanol–water partition coefficient (Wildman–Crippen LogP) is 2.65. The van der Waals surface area contributed by atoms with Crippen LogP contribution < -0.4 is 10.9 Å². The van der Waals surface area contributed by atoms with Gasteiger partial charge >= 0.3 is 0 Å². The van der Waals surface area contributed by atoms with Crippen molar-refractivity contribution in [2.24, 2.45) is 0 Å². The average molecular weight is 357 g/mol. The molecule has 1 atom stereocenters. The minimum Gasteiger partial charge on any atom is -0.356 e. The van der Waals surface area contributed by atoms with E-state index in [1.54, 1.807) is 23.3 Å². The first-order chi connectivity index (χ1) is 12.1. The maximum absolute atomic E-state index is 12.5. The van der Waals surface area contributed by atoms with Crippen molar-refractivity contribution in [3.05, 3.63) is 57.5 Å². The Labute approximate surface area is 151 Å². The van der Waals surface area contributed by atoms with Gasteiger partial charge in [-0.1, -0.05) is 42.1 Å². The number of aromatic nitrogens is 2. The van der Waals surface area contributed by atoms with Crippen molar-refractivity contribution in [1.82, 2.24) is 14.9 Å². The first-order valence-corrected chi connectivity index (χ1v) is 9.58. The van der Waals surface area contributed by atoms with Crippen LogP contribution >= 0.6 is 11.8 Å². The fourth-order valence-electron chi connectivity index (χ4n) is 2.97. The highest BCUT2D eigenvalue weighted by atomic mass is 32.2. The van der Waals surface area contributed by atoms with Gasteiger partial charge in [0.1, 0.15) is 0 Å². The summed E-state index contributed by atoms with van der Waals surface area (Å²) in [6, 6.07) is 10.1. The zero-order chi connectivity index (χ0) is 17.8. The third-order valence-electron chi connectivity index (χ3n) is 4.55. The minimum atomic E-state index is -0.103. The van der Waals surface area contributed by atoms with Gasteiger partial charge in [-0.25, -0.2) is 4.98 Å². The summed E-state index contributed by atoms with van der Waals surface area (Å²) < 4.78 is 1.69. The molecule has 0 saturated carbocycles. The summed E-state index contributed by atoms with van der Waals surface area (Å²) in [5.74, 6) is 0.722. The van der Waals surface area contributed by atoms with Crippen molar-refractivity contribution in [1.29, 1.82) is 0 Å². The number of hydrogen-bond donors (Lipinski definition) is 1. The highest BCUT2D eigenvalue weighted by molar-refractivity contribution is 7.99. The molecule has 2 heterocycles. The van der Waals surface area contributed by atoms with Crippen LogP contribution in [-0.2, 0) is 11.2 Å². The molecule has 0 aliphatic carbocycles. The third-order valence-corrected chi connectivity index (χ3v) is 5.65. The number of hydrogen-bond acceptors (Lipinski definition) is 4. The van der Waals surface area contributed by atoms with E-state index < -0.39 is 0 Å². The lowest BCUT2D eigenvalue weighted by atomic mass is 10.1. The molecule has 132 valence electrons. The number of carbonyl (C=O) groups excluding carboxylic acids is 1. The lowest BCUT2D eigenvalue weighted by Crippen LogP contribution is -2.32. The number of thioether (sulfide) groups is 1. The Morgan fingerprint density at radius 3 is 2.84 bits per heavy atom. The Kier molecular flexibility index (Phi) is 5.58. The molecule has 6 heteroatoms. The van der Waals surface area contributed by atoms with Crippen LogP contribution in [0.1, 0.15) is 35.7 Å². The molecule has 1 unspecified atom stereocenters. The van der Waals surface area contributed by atoms with Gasteiger partial charge in [0, 0.05) is 30.0 Å². The SMILES string of the molecule is Cc1nc2n(c(=O)c1C)C(CC(=O)NCCCc1ccccc1)CS2. The summed E-state index contributed by atoms with van der Waals surface area (Å²) in [7, 11) is 0. The largest absolute Gasteiger partial charge is 0.356 e. The van der Waals surface area contributed by atoms with Gasteiger partial charge in [0.05, 0.1) is 6.04 Å². The average Bonchev–Trinajstić information content (AvgIpc) is 3.00. The molecule has 1 aliphatic rings. The Balaban J connectivity index is 1.52. The van der Waals surface area contributed by atoms with E-state index >= 15 is 0 Å². The Hall–Kier alpha value is -2.08. The summed E-state index contributed by atoms with van der Waals surface area (Å²) in [5, 5.41) is 3.70.